The van der Waals surface area contributed by atoms with E-state index in [-0.39, 0.29) is 41.7 Å². The summed E-state index contributed by atoms with van der Waals surface area (Å²) in [5.41, 5.74) is 1.27. The number of aryl methyl sites for hydroxylation is 2. The average Bonchev–Trinajstić information content (AvgIpc) is 3.14. The van der Waals surface area contributed by atoms with Gasteiger partial charge >= 0.3 is 5.97 Å². The molecule has 0 aliphatic carbocycles. The first-order chi connectivity index (χ1) is 13.9. The number of amides is 1. The summed E-state index contributed by atoms with van der Waals surface area (Å²) in [6.07, 6.45) is 0.945. The van der Waals surface area contributed by atoms with Crippen LogP contribution >= 0.6 is 0 Å². The highest BCUT2D eigenvalue weighted by Gasteiger charge is 2.24. The Hall–Kier alpha value is -3.49. The molecule has 0 saturated heterocycles. The Balaban J connectivity index is 1.79. The number of aromatic nitrogens is 3. The van der Waals surface area contributed by atoms with Crippen molar-refractivity contribution in [2.45, 2.75) is 40.3 Å². The van der Waals surface area contributed by atoms with Crippen LogP contribution in [0.25, 0.3) is 11.1 Å². The van der Waals surface area contributed by atoms with E-state index < -0.39 is 11.5 Å². The lowest BCUT2D eigenvalue weighted by atomic mass is 10.1. The van der Waals surface area contributed by atoms with Gasteiger partial charge in [-0.1, -0.05) is 36.3 Å². The normalized spacial score (nSPS) is 10.9. The van der Waals surface area contributed by atoms with E-state index in [2.05, 4.69) is 22.4 Å². The molecule has 9 nitrogen and oxygen atoms in total. The highest BCUT2D eigenvalue weighted by atomic mass is 16.5. The molecule has 1 aromatic carbocycles. The molecule has 9 heteroatoms. The van der Waals surface area contributed by atoms with Crippen molar-refractivity contribution in [3.63, 3.8) is 0 Å². The molecule has 0 aliphatic rings. The highest BCUT2D eigenvalue weighted by Crippen LogP contribution is 2.14. The van der Waals surface area contributed by atoms with Crippen LogP contribution in [0.3, 0.4) is 0 Å². The fourth-order valence-electron chi connectivity index (χ4n) is 2.86. The van der Waals surface area contributed by atoms with Gasteiger partial charge in [-0.15, -0.1) is 0 Å². The number of esters is 1. The molecule has 0 aliphatic heterocycles. The van der Waals surface area contributed by atoms with Crippen molar-refractivity contribution in [1.82, 2.24) is 20.0 Å². The summed E-state index contributed by atoms with van der Waals surface area (Å²) in [6, 6.07) is 7.92. The largest absolute Gasteiger partial charge is 0.461 e. The van der Waals surface area contributed by atoms with Gasteiger partial charge in [-0.25, -0.2) is 4.79 Å². The van der Waals surface area contributed by atoms with Gasteiger partial charge in [0.1, 0.15) is 17.8 Å². The maximum Gasteiger partial charge on any atom is 0.361 e. The van der Waals surface area contributed by atoms with Gasteiger partial charge in [-0.05, 0) is 31.4 Å². The lowest BCUT2D eigenvalue weighted by Crippen LogP contribution is -2.34. The Morgan fingerprint density at radius 3 is 2.52 bits per heavy atom. The highest BCUT2D eigenvalue weighted by molar-refractivity contribution is 5.99. The smallest absolute Gasteiger partial charge is 0.361 e. The fourth-order valence-corrected chi connectivity index (χ4v) is 2.86. The lowest BCUT2D eigenvalue weighted by Gasteiger charge is -2.10. The van der Waals surface area contributed by atoms with Crippen molar-refractivity contribution < 1.29 is 18.8 Å². The average molecular weight is 398 g/mol. The standard InChI is InChI=1S/C20H22N4O5/c1-4-13-6-8-14(9-7-13)10-21-15(25)11-24-12(3)22-18-16(19(24)26)17(23-29-18)20(27)28-5-2/h6-9H,4-5,10-11H2,1-3H3,(H,21,25). The molecule has 1 amide bonds. The summed E-state index contributed by atoms with van der Waals surface area (Å²) in [5, 5.41) is 6.28. The van der Waals surface area contributed by atoms with E-state index >= 15 is 0 Å². The van der Waals surface area contributed by atoms with Crippen LogP contribution in [0.2, 0.25) is 0 Å². The second-order valence-corrected chi connectivity index (χ2v) is 6.43. The minimum atomic E-state index is -0.777. The van der Waals surface area contributed by atoms with Crippen LogP contribution in [-0.4, -0.2) is 33.2 Å². The molecule has 0 saturated carbocycles. The molecule has 152 valence electrons. The Morgan fingerprint density at radius 2 is 1.86 bits per heavy atom. The van der Waals surface area contributed by atoms with Gasteiger partial charge in [-0.3, -0.25) is 14.2 Å². The number of carbonyl (C=O) groups excluding carboxylic acids is 2. The van der Waals surface area contributed by atoms with Crippen molar-refractivity contribution in [3.05, 3.63) is 57.3 Å². The first-order valence-corrected chi connectivity index (χ1v) is 9.33. The number of hydrogen-bond donors (Lipinski definition) is 1. The molecule has 2 aromatic heterocycles. The van der Waals surface area contributed by atoms with Gasteiger partial charge in [0.2, 0.25) is 11.6 Å². The summed E-state index contributed by atoms with van der Waals surface area (Å²) in [5.74, 6) is -0.859. The molecule has 0 bridgehead atoms. The van der Waals surface area contributed by atoms with E-state index in [0.717, 1.165) is 12.0 Å². The summed E-state index contributed by atoms with van der Waals surface area (Å²) in [4.78, 5) is 41.4. The number of hydrogen-bond acceptors (Lipinski definition) is 7. The van der Waals surface area contributed by atoms with Crippen LogP contribution in [0.4, 0.5) is 0 Å². The molecule has 0 unspecified atom stereocenters. The minimum absolute atomic E-state index is 0.0665. The summed E-state index contributed by atoms with van der Waals surface area (Å²) in [7, 11) is 0. The molecule has 3 rings (SSSR count). The Bertz CT molecular complexity index is 1100. The molecule has 0 radical (unpaired) electrons. The van der Waals surface area contributed by atoms with E-state index in [1.807, 2.05) is 24.3 Å². The number of rotatable bonds is 7. The monoisotopic (exact) mass is 398 g/mol. The second kappa shape index (κ2) is 8.68. The molecule has 2 heterocycles. The fraction of sp³-hybridized carbons (Fsp3) is 0.350. The van der Waals surface area contributed by atoms with Crippen LogP contribution in [0.1, 0.15) is 41.3 Å². The summed E-state index contributed by atoms with van der Waals surface area (Å²) < 4.78 is 11.1. The zero-order valence-corrected chi connectivity index (χ0v) is 16.5. The molecule has 29 heavy (non-hydrogen) atoms. The number of nitrogens with zero attached hydrogens (tertiary/aromatic N) is 3. The zero-order valence-electron chi connectivity index (χ0n) is 16.5. The summed E-state index contributed by atoms with van der Waals surface area (Å²) in [6.45, 7) is 5.51. The van der Waals surface area contributed by atoms with Crippen LogP contribution < -0.4 is 10.9 Å². The van der Waals surface area contributed by atoms with E-state index in [1.165, 1.54) is 10.1 Å². The van der Waals surface area contributed by atoms with Gasteiger partial charge in [0.15, 0.2) is 0 Å². The Morgan fingerprint density at radius 1 is 1.17 bits per heavy atom. The quantitative estimate of drug-likeness (QED) is 0.603. The van der Waals surface area contributed by atoms with Crippen molar-refractivity contribution in [2.75, 3.05) is 6.61 Å². The Labute approximate surface area is 166 Å². The number of benzene rings is 1. The molecule has 0 spiro atoms. The van der Waals surface area contributed by atoms with Gasteiger partial charge in [-0.2, -0.15) is 4.98 Å². The van der Waals surface area contributed by atoms with E-state index in [1.54, 1.807) is 13.8 Å². The van der Waals surface area contributed by atoms with E-state index in [0.29, 0.717) is 6.54 Å². The van der Waals surface area contributed by atoms with Gasteiger partial charge < -0.3 is 14.6 Å². The number of nitrogens with one attached hydrogen (secondary N) is 1. The lowest BCUT2D eigenvalue weighted by molar-refractivity contribution is -0.121. The number of fused-ring (bicyclic) bond motifs is 1. The third-order valence-corrected chi connectivity index (χ3v) is 4.48. The van der Waals surface area contributed by atoms with Crippen LogP contribution in [0.15, 0.2) is 33.6 Å². The van der Waals surface area contributed by atoms with Crippen LogP contribution in [-0.2, 0) is 29.0 Å². The molecule has 3 aromatic rings. The third-order valence-electron chi connectivity index (χ3n) is 4.48. The van der Waals surface area contributed by atoms with E-state index in [9.17, 15) is 14.4 Å². The first kappa shape index (κ1) is 20.2. The molecule has 0 fully saturated rings. The third kappa shape index (κ3) is 4.34. The van der Waals surface area contributed by atoms with Gasteiger partial charge in [0.05, 0.1) is 6.61 Å². The van der Waals surface area contributed by atoms with Crippen molar-refractivity contribution in [1.29, 1.82) is 0 Å². The predicted molar refractivity (Wildman–Crippen MR) is 104 cm³/mol. The molecular formula is C20H22N4O5. The van der Waals surface area contributed by atoms with Crippen molar-refractivity contribution >= 4 is 23.0 Å². The minimum Gasteiger partial charge on any atom is -0.461 e. The van der Waals surface area contributed by atoms with Crippen LogP contribution in [0.5, 0.6) is 0 Å². The topological polar surface area (TPSA) is 116 Å². The Kier molecular flexibility index (Phi) is 6.06. The van der Waals surface area contributed by atoms with Crippen molar-refractivity contribution in [2.24, 2.45) is 0 Å². The zero-order chi connectivity index (χ0) is 21.0. The SMILES string of the molecule is CCOC(=O)c1noc2nc(C)n(CC(=O)NCc3ccc(CC)cc3)c(=O)c12. The number of ether oxygens (including phenoxy) is 1. The first-order valence-electron chi connectivity index (χ1n) is 9.33. The molecular weight excluding hydrogens is 376 g/mol. The molecule has 1 N–H and O–H groups in total. The van der Waals surface area contributed by atoms with Crippen LogP contribution in [0, 0.1) is 6.92 Å². The summed E-state index contributed by atoms with van der Waals surface area (Å²) >= 11 is 0. The maximum absolute atomic E-state index is 12.9. The van der Waals surface area contributed by atoms with Gasteiger partial charge in [0.25, 0.3) is 11.3 Å². The van der Waals surface area contributed by atoms with Crippen molar-refractivity contribution in [3.8, 4) is 0 Å². The predicted octanol–water partition coefficient (Wildman–Crippen LogP) is 1.75. The molecule has 0 atom stereocenters. The maximum atomic E-state index is 12.9. The van der Waals surface area contributed by atoms with Gasteiger partial charge in [0, 0.05) is 6.54 Å². The van der Waals surface area contributed by atoms with E-state index in [4.69, 9.17) is 9.26 Å². The number of carbonyl (C=O) groups is 2. The second-order valence-electron chi connectivity index (χ2n) is 6.43.